The number of rotatable bonds is 6. The monoisotopic (exact) mass is 401 g/mol. The van der Waals surface area contributed by atoms with Crippen molar-refractivity contribution in [2.75, 3.05) is 39.9 Å². The summed E-state index contributed by atoms with van der Waals surface area (Å²) in [7, 11) is 1.63. The number of ether oxygens (including phenoxy) is 1. The van der Waals surface area contributed by atoms with E-state index in [9.17, 15) is 9.59 Å². The molecule has 0 spiro atoms. The summed E-state index contributed by atoms with van der Waals surface area (Å²) in [5, 5.41) is 3.50. The lowest BCUT2D eigenvalue weighted by atomic mass is 10.1. The zero-order valence-electron chi connectivity index (χ0n) is 17.7. The van der Waals surface area contributed by atoms with Gasteiger partial charge in [0, 0.05) is 39.3 Å². The highest BCUT2D eigenvalue weighted by Gasteiger charge is 2.31. The van der Waals surface area contributed by atoms with Crippen LogP contribution in [0.5, 0.6) is 0 Å². The molecule has 2 aromatic rings. The van der Waals surface area contributed by atoms with Gasteiger partial charge in [-0.15, -0.1) is 0 Å². The lowest BCUT2D eigenvalue weighted by Gasteiger charge is -2.42. The van der Waals surface area contributed by atoms with Crippen molar-refractivity contribution in [1.29, 1.82) is 0 Å². The summed E-state index contributed by atoms with van der Waals surface area (Å²) in [6.07, 6.45) is 0. The van der Waals surface area contributed by atoms with Gasteiger partial charge >= 0.3 is 6.03 Å². The number of aromatic nitrogens is 2. The molecule has 29 heavy (non-hydrogen) atoms. The maximum atomic E-state index is 13.1. The van der Waals surface area contributed by atoms with Crippen LogP contribution in [0.1, 0.15) is 32.6 Å². The number of benzene rings is 1. The Morgan fingerprint density at radius 3 is 2.79 bits per heavy atom. The van der Waals surface area contributed by atoms with E-state index in [2.05, 4.69) is 24.1 Å². The van der Waals surface area contributed by atoms with Crippen LogP contribution in [-0.2, 0) is 11.3 Å². The van der Waals surface area contributed by atoms with Crippen LogP contribution in [0, 0.1) is 0 Å². The number of piperazine rings is 1. The smallest absolute Gasteiger partial charge is 0.317 e. The fraction of sp³-hybridized carbons (Fsp3) is 0.571. The SMILES string of the molecule is CCNC(=O)N1CCN(C(C)c2nc3ccccc3c(=O)n2CCOC)CC1C. The first-order valence-electron chi connectivity index (χ1n) is 10.2. The van der Waals surface area contributed by atoms with Gasteiger partial charge in [-0.3, -0.25) is 14.3 Å². The number of amides is 2. The Hall–Kier alpha value is -2.45. The average Bonchev–Trinajstić information content (AvgIpc) is 2.72. The van der Waals surface area contributed by atoms with Crippen molar-refractivity contribution in [3.8, 4) is 0 Å². The number of fused-ring (bicyclic) bond motifs is 1. The second-order valence-corrected chi connectivity index (χ2v) is 7.49. The number of para-hydroxylation sites is 1. The molecule has 2 heterocycles. The van der Waals surface area contributed by atoms with E-state index < -0.39 is 0 Å². The molecule has 1 aromatic carbocycles. The Bertz CT molecular complexity index is 913. The first kappa shape index (κ1) is 21.3. The van der Waals surface area contributed by atoms with Crippen molar-refractivity contribution in [2.45, 2.75) is 39.4 Å². The summed E-state index contributed by atoms with van der Waals surface area (Å²) < 4.78 is 6.95. The van der Waals surface area contributed by atoms with Crippen LogP contribution >= 0.6 is 0 Å². The van der Waals surface area contributed by atoms with Gasteiger partial charge in [-0.1, -0.05) is 12.1 Å². The van der Waals surface area contributed by atoms with Gasteiger partial charge in [-0.25, -0.2) is 9.78 Å². The molecule has 2 atom stereocenters. The standard InChI is InChI=1S/C21H31N5O3/c1-5-22-21(28)25-11-10-24(14-15(25)2)16(3)19-23-18-9-7-6-8-17(18)20(27)26(19)12-13-29-4/h6-9,15-16H,5,10-14H2,1-4H3,(H,22,28). The molecule has 2 unspecified atom stereocenters. The van der Waals surface area contributed by atoms with Gasteiger partial charge in [0.05, 0.1) is 30.1 Å². The van der Waals surface area contributed by atoms with E-state index in [0.717, 1.165) is 18.9 Å². The van der Waals surface area contributed by atoms with Crippen LogP contribution in [0.15, 0.2) is 29.1 Å². The first-order chi connectivity index (χ1) is 14.0. The number of carbonyl (C=O) groups is 1. The molecule has 0 aliphatic carbocycles. The van der Waals surface area contributed by atoms with Gasteiger partial charge in [0.2, 0.25) is 0 Å². The molecule has 1 aromatic heterocycles. The number of hydrogen-bond donors (Lipinski definition) is 1. The summed E-state index contributed by atoms with van der Waals surface area (Å²) in [5.41, 5.74) is 0.672. The molecule has 1 saturated heterocycles. The molecule has 8 nitrogen and oxygen atoms in total. The van der Waals surface area contributed by atoms with Crippen LogP contribution in [0.2, 0.25) is 0 Å². The second kappa shape index (κ2) is 9.37. The normalized spacial score (nSPS) is 18.8. The number of nitrogens with zero attached hydrogens (tertiary/aromatic N) is 4. The van der Waals surface area contributed by atoms with Crippen LogP contribution in [-0.4, -0.2) is 71.3 Å². The van der Waals surface area contributed by atoms with Gasteiger partial charge in [-0.2, -0.15) is 0 Å². The Morgan fingerprint density at radius 1 is 1.34 bits per heavy atom. The Morgan fingerprint density at radius 2 is 2.10 bits per heavy atom. The molecule has 1 N–H and O–H groups in total. The predicted molar refractivity (Wildman–Crippen MR) is 113 cm³/mol. The number of hydrogen-bond acceptors (Lipinski definition) is 5. The fourth-order valence-corrected chi connectivity index (χ4v) is 3.96. The van der Waals surface area contributed by atoms with E-state index in [-0.39, 0.29) is 23.7 Å². The third-order valence-electron chi connectivity index (χ3n) is 5.58. The molecular weight excluding hydrogens is 370 g/mol. The maximum absolute atomic E-state index is 13.1. The molecular formula is C21H31N5O3. The number of carbonyl (C=O) groups excluding carboxylic acids is 1. The highest BCUT2D eigenvalue weighted by molar-refractivity contribution is 5.77. The minimum absolute atomic E-state index is 0.0202. The van der Waals surface area contributed by atoms with Crippen molar-refractivity contribution in [3.63, 3.8) is 0 Å². The Balaban J connectivity index is 1.89. The number of nitrogens with one attached hydrogen (secondary N) is 1. The number of urea groups is 1. The lowest BCUT2D eigenvalue weighted by Crippen LogP contribution is -2.57. The summed E-state index contributed by atoms with van der Waals surface area (Å²) >= 11 is 0. The van der Waals surface area contributed by atoms with Crippen molar-refractivity contribution in [2.24, 2.45) is 0 Å². The quantitative estimate of drug-likeness (QED) is 0.799. The summed E-state index contributed by atoms with van der Waals surface area (Å²) in [5.74, 6) is 0.740. The van der Waals surface area contributed by atoms with E-state index in [1.165, 1.54) is 0 Å². The van der Waals surface area contributed by atoms with E-state index in [1.807, 2.05) is 36.1 Å². The molecule has 3 rings (SSSR count). The van der Waals surface area contributed by atoms with E-state index in [4.69, 9.17) is 9.72 Å². The summed E-state index contributed by atoms with van der Waals surface area (Å²) in [6.45, 7) is 9.69. The van der Waals surface area contributed by atoms with Crippen molar-refractivity contribution in [3.05, 3.63) is 40.4 Å². The van der Waals surface area contributed by atoms with Gasteiger partial charge in [-0.05, 0) is 32.9 Å². The van der Waals surface area contributed by atoms with Gasteiger partial charge < -0.3 is 15.0 Å². The highest BCUT2D eigenvalue weighted by atomic mass is 16.5. The summed E-state index contributed by atoms with van der Waals surface area (Å²) in [6, 6.07) is 7.46. The first-order valence-corrected chi connectivity index (χ1v) is 10.2. The minimum atomic E-state index is -0.0528. The molecule has 1 aliphatic rings. The highest BCUT2D eigenvalue weighted by Crippen LogP contribution is 2.23. The third kappa shape index (κ3) is 4.43. The largest absolute Gasteiger partial charge is 0.383 e. The van der Waals surface area contributed by atoms with Gasteiger partial charge in [0.1, 0.15) is 5.82 Å². The van der Waals surface area contributed by atoms with E-state index in [1.54, 1.807) is 11.7 Å². The molecule has 0 radical (unpaired) electrons. The maximum Gasteiger partial charge on any atom is 0.317 e. The molecule has 158 valence electrons. The minimum Gasteiger partial charge on any atom is -0.383 e. The zero-order chi connectivity index (χ0) is 21.0. The van der Waals surface area contributed by atoms with Crippen molar-refractivity contribution in [1.82, 2.24) is 24.7 Å². The zero-order valence-corrected chi connectivity index (χ0v) is 17.7. The molecule has 8 heteroatoms. The van der Waals surface area contributed by atoms with Crippen molar-refractivity contribution >= 4 is 16.9 Å². The third-order valence-corrected chi connectivity index (χ3v) is 5.58. The summed E-state index contributed by atoms with van der Waals surface area (Å²) in [4.78, 5) is 34.4. The van der Waals surface area contributed by atoms with E-state index >= 15 is 0 Å². The fourth-order valence-electron chi connectivity index (χ4n) is 3.96. The van der Waals surface area contributed by atoms with Crippen LogP contribution in [0.25, 0.3) is 10.9 Å². The Labute approximate surface area is 171 Å². The van der Waals surface area contributed by atoms with Crippen LogP contribution < -0.4 is 10.9 Å². The average molecular weight is 402 g/mol. The van der Waals surface area contributed by atoms with Crippen LogP contribution in [0.4, 0.5) is 4.79 Å². The number of methoxy groups -OCH3 is 1. The molecule has 1 aliphatic heterocycles. The molecule has 0 bridgehead atoms. The second-order valence-electron chi connectivity index (χ2n) is 7.49. The lowest BCUT2D eigenvalue weighted by molar-refractivity contribution is 0.0740. The molecule has 1 fully saturated rings. The van der Waals surface area contributed by atoms with E-state index in [0.29, 0.717) is 37.1 Å². The predicted octanol–water partition coefficient (Wildman–Crippen LogP) is 1.84. The topological polar surface area (TPSA) is 79.7 Å². The molecule has 2 amide bonds. The van der Waals surface area contributed by atoms with Crippen molar-refractivity contribution < 1.29 is 9.53 Å². The van der Waals surface area contributed by atoms with Crippen LogP contribution in [0.3, 0.4) is 0 Å². The van der Waals surface area contributed by atoms with Gasteiger partial charge in [0.15, 0.2) is 0 Å². The Kier molecular flexibility index (Phi) is 6.87. The molecule has 0 saturated carbocycles. The van der Waals surface area contributed by atoms with Gasteiger partial charge in [0.25, 0.3) is 5.56 Å².